The van der Waals surface area contributed by atoms with Gasteiger partial charge in [0.15, 0.2) is 0 Å². The predicted molar refractivity (Wildman–Crippen MR) is 89.0 cm³/mol. The smallest absolute Gasteiger partial charge is 0.119 e. The first-order chi connectivity index (χ1) is 10.1. The Balaban J connectivity index is 1.93. The Labute approximate surface area is 130 Å². The van der Waals surface area contributed by atoms with Crippen molar-refractivity contribution in [2.75, 3.05) is 7.11 Å². The van der Waals surface area contributed by atoms with Crippen molar-refractivity contribution in [3.8, 4) is 5.75 Å². The summed E-state index contributed by atoms with van der Waals surface area (Å²) in [5.74, 6) is 3.61. The van der Waals surface area contributed by atoms with Gasteiger partial charge in [0.2, 0.25) is 0 Å². The summed E-state index contributed by atoms with van der Waals surface area (Å²) in [6, 6.07) is 6.79. The summed E-state index contributed by atoms with van der Waals surface area (Å²) in [7, 11) is 1.77. The minimum Gasteiger partial charge on any atom is -0.497 e. The van der Waals surface area contributed by atoms with E-state index in [1.54, 1.807) is 18.2 Å². The lowest BCUT2D eigenvalue weighted by molar-refractivity contribution is 0.0256. The largest absolute Gasteiger partial charge is 0.497 e. The van der Waals surface area contributed by atoms with Crippen LogP contribution < -0.4 is 4.74 Å². The zero-order valence-electron chi connectivity index (χ0n) is 14.1. The highest BCUT2D eigenvalue weighted by molar-refractivity contribution is 5.40. The molecule has 0 N–H and O–H groups in total. The minimum absolute atomic E-state index is 0.569. The summed E-state index contributed by atoms with van der Waals surface area (Å²) in [4.78, 5) is 0. The Morgan fingerprint density at radius 3 is 2.71 bits per heavy atom. The third-order valence-electron chi connectivity index (χ3n) is 6.70. The Kier molecular flexibility index (Phi) is 4.03. The van der Waals surface area contributed by atoms with E-state index in [4.69, 9.17) is 4.74 Å². The second-order valence-corrected chi connectivity index (χ2v) is 7.43. The van der Waals surface area contributed by atoms with Gasteiger partial charge in [-0.1, -0.05) is 39.7 Å². The van der Waals surface area contributed by atoms with Crippen molar-refractivity contribution < 1.29 is 4.74 Å². The summed E-state index contributed by atoms with van der Waals surface area (Å²) < 4.78 is 5.41. The van der Waals surface area contributed by atoms with Gasteiger partial charge in [-0.2, -0.15) is 0 Å². The molecule has 1 heteroatoms. The number of hydrogen-bond acceptors (Lipinski definition) is 1. The maximum absolute atomic E-state index is 5.41. The lowest BCUT2D eigenvalue weighted by atomic mass is 9.53. The Morgan fingerprint density at radius 2 is 2.05 bits per heavy atom. The molecular formula is C20H30O. The standard InChI is InChI=1S/C20H30O/c1-5-19-18-9-7-14-13-15(21-4)8-10-16(14)17(18)11-12-20(19,3)6-2/h8,10,13,17-19H,5-7,9,11-12H2,1-4H3/t17-,18-,19+,20+/m1/s1. The molecule has 0 radical (unpaired) electrons. The van der Waals surface area contributed by atoms with Gasteiger partial charge in [0.25, 0.3) is 0 Å². The topological polar surface area (TPSA) is 9.23 Å². The monoisotopic (exact) mass is 286 g/mol. The number of rotatable bonds is 3. The van der Waals surface area contributed by atoms with Crippen LogP contribution in [0.15, 0.2) is 18.2 Å². The molecule has 0 bridgehead atoms. The van der Waals surface area contributed by atoms with Crippen LogP contribution >= 0.6 is 0 Å². The van der Waals surface area contributed by atoms with Crippen molar-refractivity contribution in [2.24, 2.45) is 17.3 Å². The molecule has 0 unspecified atom stereocenters. The van der Waals surface area contributed by atoms with Crippen LogP contribution in [-0.2, 0) is 6.42 Å². The molecule has 1 aromatic rings. The molecule has 116 valence electrons. The van der Waals surface area contributed by atoms with Gasteiger partial charge >= 0.3 is 0 Å². The van der Waals surface area contributed by atoms with Crippen molar-refractivity contribution in [2.45, 2.75) is 65.2 Å². The summed E-state index contributed by atoms with van der Waals surface area (Å²) in [6.45, 7) is 7.34. The molecule has 4 atom stereocenters. The van der Waals surface area contributed by atoms with Crippen molar-refractivity contribution in [3.63, 3.8) is 0 Å². The van der Waals surface area contributed by atoms with Crippen LogP contribution in [0.25, 0.3) is 0 Å². The molecule has 0 spiro atoms. The van der Waals surface area contributed by atoms with Gasteiger partial charge in [-0.3, -0.25) is 0 Å². The summed E-state index contributed by atoms with van der Waals surface area (Å²) in [6.07, 6.45) is 8.07. The van der Waals surface area contributed by atoms with Gasteiger partial charge < -0.3 is 4.74 Å². The molecule has 0 amide bonds. The molecule has 1 fully saturated rings. The molecule has 0 saturated heterocycles. The fourth-order valence-electron chi connectivity index (χ4n) is 5.31. The molecule has 0 aliphatic heterocycles. The lowest BCUT2D eigenvalue weighted by Gasteiger charge is -2.52. The average Bonchev–Trinajstić information content (AvgIpc) is 2.53. The fraction of sp³-hybridized carbons (Fsp3) is 0.700. The first-order valence-electron chi connectivity index (χ1n) is 8.79. The highest BCUT2D eigenvalue weighted by Gasteiger charge is 2.46. The van der Waals surface area contributed by atoms with Crippen LogP contribution in [0.1, 0.15) is 69.9 Å². The zero-order chi connectivity index (χ0) is 15.0. The summed E-state index contributed by atoms with van der Waals surface area (Å²) >= 11 is 0. The summed E-state index contributed by atoms with van der Waals surface area (Å²) in [5.41, 5.74) is 3.74. The van der Waals surface area contributed by atoms with Gasteiger partial charge in [0.1, 0.15) is 5.75 Å². The number of methoxy groups -OCH3 is 1. The van der Waals surface area contributed by atoms with Gasteiger partial charge in [-0.25, -0.2) is 0 Å². The van der Waals surface area contributed by atoms with Gasteiger partial charge in [0.05, 0.1) is 7.11 Å². The number of fused-ring (bicyclic) bond motifs is 3. The van der Waals surface area contributed by atoms with Crippen LogP contribution in [-0.4, -0.2) is 7.11 Å². The number of benzene rings is 1. The van der Waals surface area contributed by atoms with E-state index in [1.165, 1.54) is 38.5 Å². The van der Waals surface area contributed by atoms with Crippen molar-refractivity contribution in [1.82, 2.24) is 0 Å². The third kappa shape index (κ3) is 2.39. The summed E-state index contributed by atoms with van der Waals surface area (Å²) in [5, 5.41) is 0. The molecule has 2 aliphatic carbocycles. The van der Waals surface area contributed by atoms with E-state index in [0.717, 1.165) is 23.5 Å². The van der Waals surface area contributed by atoms with Gasteiger partial charge in [-0.05, 0) is 72.1 Å². The molecule has 2 aliphatic rings. The molecule has 0 heterocycles. The van der Waals surface area contributed by atoms with E-state index in [1.807, 2.05) is 0 Å². The molecule has 21 heavy (non-hydrogen) atoms. The fourth-order valence-corrected chi connectivity index (χ4v) is 5.31. The van der Waals surface area contributed by atoms with Crippen LogP contribution in [0.2, 0.25) is 0 Å². The number of hydrogen-bond donors (Lipinski definition) is 0. The van der Waals surface area contributed by atoms with Gasteiger partial charge in [-0.15, -0.1) is 0 Å². The minimum atomic E-state index is 0.569. The maximum atomic E-state index is 5.41. The van der Waals surface area contributed by atoms with Crippen LogP contribution in [0, 0.1) is 17.3 Å². The first kappa shape index (κ1) is 14.9. The second kappa shape index (κ2) is 5.66. The van der Waals surface area contributed by atoms with E-state index >= 15 is 0 Å². The predicted octanol–water partition coefficient (Wildman–Crippen LogP) is 5.58. The Morgan fingerprint density at radius 1 is 1.24 bits per heavy atom. The third-order valence-corrected chi connectivity index (χ3v) is 6.70. The van der Waals surface area contributed by atoms with Crippen LogP contribution in [0.5, 0.6) is 5.75 Å². The Bertz CT molecular complexity index is 507. The zero-order valence-corrected chi connectivity index (χ0v) is 14.1. The van der Waals surface area contributed by atoms with Gasteiger partial charge in [0, 0.05) is 0 Å². The Hall–Kier alpha value is -0.980. The molecule has 1 aromatic carbocycles. The highest BCUT2D eigenvalue weighted by atomic mass is 16.5. The highest BCUT2D eigenvalue weighted by Crippen LogP contribution is 2.56. The van der Waals surface area contributed by atoms with Crippen molar-refractivity contribution in [1.29, 1.82) is 0 Å². The lowest BCUT2D eigenvalue weighted by Crippen LogP contribution is -2.42. The van der Waals surface area contributed by atoms with Crippen LogP contribution in [0.4, 0.5) is 0 Å². The molecular weight excluding hydrogens is 256 g/mol. The SMILES string of the molecule is CC[C@H]1[C@@H]2CCc3cc(OC)ccc3[C@H]2CC[C@]1(C)CC. The first-order valence-corrected chi connectivity index (χ1v) is 8.79. The molecule has 3 rings (SSSR count). The van der Waals surface area contributed by atoms with E-state index in [-0.39, 0.29) is 0 Å². The molecule has 1 saturated carbocycles. The van der Waals surface area contributed by atoms with E-state index in [2.05, 4.69) is 39.0 Å². The normalized spacial score (nSPS) is 35.0. The van der Waals surface area contributed by atoms with Crippen LogP contribution in [0.3, 0.4) is 0 Å². The van der Waals surface area contributed by atoms with Crippen molar-refractivity contribution in [3.05, 3.63) is 29.3 Å². The molecule has 1 nitrogen and oxygen atoms in total. The maximum Gasteiger partial charge on any atom is 0.119 e. The molecule has 0 aromatic heterocycles. The van der Waals surface area contributed by atoms with E-state index in [0.29, 0.717) is 5.41 Å². The van der Waals surface area contributed by atoms with E-state index < -0.39 is 0 Å². The van der Waals surface area contributed by atoms with E-state index in [9.17, 15) is 0 Å². The van der Waals surface area contributed by atoms with Crippen molar-refractivity contribution >= 4 is 0 Å². The average molecular weight is 286 g/mol. The number of aryl methyl sites for hydroxylation is 1. The quantitative estimate of drug-likeness (QED) is 0.705. The second-order valence-electron chi connectivity index (χ2n) is 7.43. The number of ether oxygens (including phenoxy) is 1.